The molecule has 0 radical (unpaired) electrons. The summed E-state index contributed by atoms with van der Waals surface area (Å²) in [5.74, 6) is 0.501. The van der Waals surface area contributed by atoms with Crippen molar-refractivity contribution < 1.29 is 9.72 Å². The summed E-state index contributed by atoms with van der Waals surface area (Å²) in [5, 5.41) is 18.7. The number of anilines is 1. The molecule has 6 rings (SSSR count). The second-order valence-electron chi connectivity index (χ2n) is 8.14. The molecule has 4 aliphatic rings. The van der Waals surface area contributed by atoms with Crippen LogP contribution in [0.25, 0.3) is 0 Å². The van der Waals surface area contributed by atoms with E-state index in [0.29, 0.717) is 23.4 Å². The van der Waals surface area contributed by atoms with Gasteiger partial charge in [0.05, 0.1) is 20.9 Å². The first-order valence-electron chi connectivity index (χ1n) is 8.87. The van der Waals surface area contributed by atoms with Crippen molar-refractivity contribution in [2.45, 2.75) is 44.1 Å². The molecule has 0 spiro atoms. The van der Waals surface area contributed by atoms with Gasteiger partial charge in [-0.3, -0.25) is 4.79 Å². The van der Waals surface area contributed by atoms with Crippen LogP contribution in [0.3, 0.4) is 0 Å². The van der Waals surface area contributed by atoms with E-state index in [4.69, 9.17) is 0 Å². The third kappa shape index (κ3) is 2.70. The number of carbonyl (C=O) groups is 1. The van der Waals surface area contributed by atoms with Crippen molar-refractivity contribution in [1.29, 1.82) is 0 Å². The number of aromatic nitrogens is 4. The Hall–Kier alpha value is -1.88. The van der Waals surface area contributed by atoms with Gasteiger partial charge in [0.15, 0.2) is 5.13 Å². The number of nitro groups is 1. The fourth-order valence-electron chi connectivity index (χ4n) is 5.86. The van der Waals surface area contributed by atoms with Crippen molar-refractivity contribution in [3.8, 4) is 0 Å². The average Bonchev–Trinajstić information content (AvgIpc) is 3.23. The Kier molecular flexibility index (Phi) is 3.71. The van der Waals surface area contributed by atoms with Crippen LogP contribution in [0.15, 0.2) is 16.3 Å². The first-order valence-corrected chi connectivity index (χ1v) is 10.5. The van der Waals surface area contributed by atoms with Gasteiger partial charge in [-0.1, -0.05) is 16.3 Å². The van der Waals surface area contributed by atoms with Gasteiger partial charge in [0.25, 0.3) is 0 Å². The zero-order chi connectivity index (χ0) is 18.8. The number of thiazole rings is 1. The lowest BCUT2D eigenvalue weighted by atomic mass is 9.46. The molecule has 2 atom stereocenters. The lowest BCUT2D eigenvalue weighted by Gasteiger charge is -2.60. The van der Waals surface area contributed by atoms with Gasteiger partial charge in [-0.05, 0) is 71.2 Å². The molecule has 4 bridgehead atoms. The number of amides is 1. The van der Waals surface area contributed by atoms with E-state index < -0.39 is 10.3 Å². The molecule has 0 unspecified atom stereocenters. The fraction of sp³-hybridized carbons (Fsp3) is 0.625. The second-order valence-corrected chi connectivity index (χ2v) is 10.5. The maximum atomic E-state index is 13.2. The molecule has 27 heavy (non-hydrogen) atoms. The Morgan fingerprint density at radius 3 is 2.67 bits per heavy atom. The van der Waals surface area contributed by atoms with Crippen LogP contribution in [-0.2, 0) is 10.3 Å². The van der Waals surface area contributed by atoms with Crippen LogP contribution >= 0.6 is 27.3 Å². The molecule has 2 aromatic heterocycles. The summed E-state index contributed by atoms with van der Waals surface area (Å²) < 4.78 is 2.54. The third-order valence-corrected chi connectivity index (χ3v) is 7.73. The van der Waals surface area contributed by atoms with Gasteiger partial charge in [0, 0.05) is 5.10 Å². The van der Waals surface area contributed by atoms with E-state index in [1.54, 1.807) is 10.9 Å². The van der Waals surface area contributed by atoms with Gasteiger partial charge in [-0.2, -0.15) is 4.68 Å². The minimum absolute atomic E-state index is 0.0115. The van der Waals surface area contributed by atoms with Crippen LogP contribution in [0, 0.1) is 27.4 Å². The predicted molar refractivity (Wildman–Crippen MR) is 100 cm³/mol. The van der Waals surface area contributed by atoms with Crippen LogP contribution < -0.4 is 5.32 Å². The highest BCUT2D eigenvalue weighted by molar-refractivity contribution is 9.11. The van der Waals surface area contributed by atoms with Crippen LogP contribution in [0.5, 0.6) is 0 Å². The Labute approximate surface area is 166 Å². The molecule has 11 heteroatoms. The molecule has 0 aliphatic heterocycles. The molecular weight excluding hydrogens is 436 g/mol. The predicted octanol–water partition coefficient (Wildman–Crippen LogP) is 3.34. The smallest absolute Gasteiger partial charge is 0.390 e. The molecule has 4 saturated carbocycles. The van der Waals surface area contributed by atoms with Crippen molar-refractivity contribution in [3.63, 3.8) is 0 Å². The summed E-state index contributed by atoms with van der Waals surface area (Å²) in [7, 11) is 0. The van der Waals surface area contributed by atoms with E-state index in [0.717, 1.165) is 35.9 Å². The van der Waals surface area contributed by atoms with Gasteiger partial charge in [-0.25, -0.2) is 4.98 Å². The first-order chi connectivity index (χ1) is 12.9. The number of nitrogens with one attached hydrogen (secondary N) is 1. The molecule has 1 N–H and O–H groups in total. The zero-order valence-electron chi connectivity index (χ0n) is 14.3. The number of nitrogens with zero attached hydrogens (tertiary/aromatic N) is 5. The summed E-state index contributed by atoms with van der Waals surface area (Å²) in [6, 6.07) is 0. The summed E-state index contributed by atoms with van der Waals surface area (Å²) in [4.78, 5) is 31.8. The highest BCUT2D eigenvalue weighted by Gasteiger charge is 2.62. The van der Waals surface area contributed by atoms with E-state index in [2.05, 4.69) is 36.3 Å². The maximum absolute atomic E-state index is 13.2. The maximum Gasteiger partial charge on any atom is 0.490 e. The van der Waals surface area contributed by atoms with Crippen molar-refractivity contribution in [2.24, 2.45) is 17.3 Å². The van der Waals surface area contributed by atoms with Crippen molar-refractivity contribution in [3.05, 3.63) is 26.4 Å². The van der Waals surface area contributed by atoms with Crippen LogP contribution in [0.1, 0.15) is 38.5 Å². The summed E-state index contributed by atoms with van der Waals surface area (Å²) >= 11 is 4.76. The van der Waals surface area contributed by atoms with Gasteiger partial charge >= 0.3 is 5.95 Å². The molecule has 2 heterocycles. The van der Waals surface area contributed by atoms with Gasteiger partial charge in [-0.15, -0.1) is 0 Å². The highest BCUT2D eigenvalue weighted by atomic mass is 79.9. The molecule has 2 aromatic rings. The lowest BCUT2D eigenvalue weighted by molar-refractivity contribution is -0.394. The van der Waals surface area contributed by atoms with Gasteiger partial charge < -0.3 is 15.4 Å². The number of rotatable bonds is 4. The van der Waals surface area contributed by atoms with Crippen LogP contribution in [-0.4, -0.2) is 30.6 Å². The monoisotopic (exact) mass is 452 g/mol. The van der Waals surface area contributed by atoms with E-state index in [1.165, 1.54) is 17.7 Å². The van der Waals surface area contributed by atoms with Crippen molar-refractivity contribution >= 4 is 44.3 Å². The number of carbonyl (C=O) groups excluding carboxylic acids is 1. The largest absolute Gasteiger partial charge is 0.490 e. The number of hydrogen-bond donors (Lipinski definition) is 1. The van der Waals surface area contributed by atoms with Crippen LogP contribution in [0.2, 0.25) is 0 Å². The SMILES string of the molecule is O=C(Nc1ncc(Br)s1)C12C[C@H]3C[C@H](C1)CC(n1cnc([N+](=O)[O-])n1)(C3)C2. The fourth-order valence-corrected chi connectivity index (χ4v) is 6.96. The van der Waals surface area contributed by atoms with E-state index in [9.17, 15) is 14.9 Å². The molecule has 4 fully saturated rings. The standard InChI is InChI=1S/C16H17BrN6O3S/c17-11-6-18-14(27-11)20-12(24)15-2-9-1-10(3-15)5-16(4-9,7-15)22-8-19-13(21-22)23(25)26/h6,8-10H,1-5,7H2,(H,18,20,24)/t9-,10-,15?,16?/m1/s1. The lowest BCUT2D eigenvalue weighted by Crippen LogP contribution is -2.60. The average molecular weight is 453 g/mol. The quantitative estimate of drug-likeness (QED) is 0.561. The van der Waals surface area contributed by atoms with E-state index >= 15 is 0 Å². The summed E-state index contributed by atoms with van der Waals surface area (Å²) in [5.41, 5.74) is -0.824. The molecular formula is C16H17BrN6O3S. The van der Waals surface area contributed by atoms with Crippen molar-refractivity contribution in [2.75, 3.05) is 5.32 Å². The third-order valence-electron chi connectivity index (χ3n) is 6.34. The number of halogens is 1. The van der Waals surface area contributed by atoms with E-state index in [-0.39, 0.29) is 17.4 Å². The summed E-state index contributed by atoms with van der Waals surface area (Å²) in [6.07, 6.45) is 8.44. The topological polar surface area (TPSA) is 116 Å². The molecule has 142 valence electrons. The minimum Gasteiger partial charge on any atom is -0.390 e. The Bertz CT molecular complexity index is 928. The van der Waals surface area contributed by atoms with Gasteiger partial charge in [0.1, 0.15) is 0 Å². The highest BCUT2D eigenvalue weighted by Crippen LogP contribution is 2.64. The molecule has 1 amide bonds. The molecule has 9 nitrogen and oxygen atoms in total. The normalized spacial score (nSPS) is 34.0. The molecule has 0 saturated heterocycles. The van der Waals surface area contributed by atoms with Crippen molar-refractivity contribution in [1.82, 2.24) is 19.7 Å². The minimum atomic E-state index is -0.570. The molecule has 4 aliphatic carbocycles. The van der Waals surface area contributed by atoms with Gasteiger partial charge in [0.2, 0.25) is 12.2 Å². The Morgan fingerprint density at radius 1 is 1.33 bits per heavy atom. The first kappa shape index (κ1) is 17.2. The van der Waals surface area contributed by atoms with Crippen LogP contribution in [0.4, 0.5) is 11.1 Å². The Morgan fingerprint density at radius 2 is 2.07 bits per heavy atom. The Balaban J connectivity index is 1.47. The second kappa shape index (κ2) is 5.81. The number of hydrogen-bond acceptors (Lipinski definition) is 7. The summed E-state index contributed by atoms with van der Waals surface area (Å²) in [6.45, 7) is 0. The van der Waals surface area contributed by atoms with E-state index in [1.807, 2.05) is 0 Å². The zero-order valence-corrected chi connectivity index (χ0v) is 16.7. The molecule has 0 aromatic carbocycles.